The first-order valence-electron chi connectivity index (χ1n) is 6.67. The van der Waals surface area contributed by atoms with Crippen LogP contribution in [0.3, 0.4) is 0 Å². The van der Waals surface area contributed by atoms with E-state index in [9.17, 15) is 4.79 Å². The third kappa shape index (κ3) is 2.85. The summed E-state index contributed by atoms with van der Waals surface area (Å²) in [6.07, 6.45) is 2.19. The molecule has 106 valence electrons. The van der Waals surface area contributed by atoms with Gasteiger partial charge >= 0.3 is 0 Å². The van der Waals surface area contributed by atoms with Crippen LogP contribution in [0.2, 0.25) is 0 Å². The second kappa shape index (κ2) is 5.28. The lowest BCUT2D eigenvalue weighted by molar-refractivity contribution is -0.121. The van der Waals surface area contributed by atoms with Gasteiger partial charge in [-0.3, -0.25) is 4.79 Å². The molecule has 0 aliphatic heterocycles. The van der Waals surface area contributed by atoms with E-state index in [1.807, 2.05) is 25.1 Å². The second-order valence-corrected chi connectivity index (χ2v) is 6.03. The first kappa shape index (κ1) is 13.2. The summed E-state index contributed by atoms with van der Waals surface area (Å²) in [5.41, 5.74) is 0.910. The van der Waals surface area contributed by atoms with Gasteiger partial charge < -0.3 is 15.4 Å². The molecule has 6 heteroatoms. The Morgan fingerprint density at radius 2 is 2.30 bits per heavy atom. The number of nitrogens with one attached hydrogen (secondary N) is 2. The van der Waals surface area contributed by atoms with Gasteiger partial charge in [-0.15, -0.1) is 0 Å². The highest BCUT2D eigenvalue weighted by atomic mass is 32.1. The number of carbonyl (C=O) groups is 1. The van der Waals surface area contributed by atoms with Gasteiger partial charge in [0, 0.05) is 6.04 Å². The van der Waals surface area contributed by atoms with Crippen molar-refractivity contribution in [2.75, 3.05) is 12.4 Å². The van der Waals surface area contributed by atoms with E-state index in [2.05, 4.69) is 15.6 Å². The molecule has 1 amide bonds. The molecule has 1 atom stereocenters. The predicted octanol–water partition coefficient (Wildman–Crippen LogP) is 2.38. The summed E-state index contributed by atoms with van der Waals surface area (Å²) in [7, 11) is 1.64. The molecule has 0 radical (unpaired) electrons. The monoisotopic (exact) mass is 291 g/mol. The van der Waals surface area contributed by atoms with Gasteiger partial charge in [-0.05, 0) is 38.0 Å². The minimum atomic E-state index is -0.280. The smallest absolute Gasteiger partial charge is 0.242 e. The number of nitrogens with zero attached hydrogens (tertiary/aromatic N) is 1. The summed E-state index contributed by atoms with van der Waals surface area (Å²) in [5.74, 6) is 0.844. The molecule has 3 rings (SSSR count). The highest BCUT2D eigenvalue weighted by molar-refractivity contribution is 7.22. The number of amides is 1. The number of hydrogen-bond donors (Lipinski definition) is 2. The van der Waals surface area contributed by atoms with Gasteiger partial charge in [0.25, 0.3) is 0 Å². The number of thiazole rings is 1. The molecule has 1 aromatic heterocycles. The Morgan fingerprint density at radius 3 is 3.00 bits per heavy atom. The summed E-state index contributed by atoms with van der Waals surface area (Å²) in [6, 6.07) is 5.86. The number of methoxy groups -OCH3 is 1. The van der Waals surface area contributed by atoms with Crippen molar-refractivity contribution in [2.45, 2.75) is 31.8 Å². The first-order valence-corrected chi connectivity index (χ1v) is 7.49. The van der Waals surface area contributed by atoms with E-state index in [4.69, 9.17) is 4.74 Å². The molecule has 1 aliphatic rings. The van der Waals surface area contributed by atoms with E-state index in [0.29, 0.717) is 6.04 Å². The van der Waals surface area contributed by atoms with Crippen molar-refractivity contribution < 1.29 is 9.53 Å². The molecule has 2 N–H and O–H groups in total. The number of anilines is 1. The number of carbonyl (C=O) groups excluding carboxylic acids is 1. The fourth-order valence-corrected chi connectivity index (χ4v) is 2.88. The summed E-state index contributed by atoms with van der Waals surface area (Å²) < 4.78 is 6.24. The molecule has 0 saturated heterocycles. The molecule has 1 aliphatic carbocycles. The standard InChI is InChI=1S/C14H17N3O2S/c1-8(13(18)16-9-3-4-9)15-14-17-11-6-5-10(19-2)7-12(11)20-14/h5-9H,3-4H2,1-2H3,(H,15,17)(H,16,18). The van der Waals surface area contributed by atoms with Crippen molar-refractivity contribution in [3.05, 3.63) is 18.2 Å². The van der Waals surface area contributed by atoms with Crippen molar-refractivity contribution in [1.29, 1.82) is 0 Å². The summed E-state index contributed by atoms with van der Waals surface area (Å²) in [5, 5.41) is 6.89. The second-order valence-electron chi connectivity index (χ2n) is 5.00. The average Bonchev–Trinajstić information content (AvgIpc) is 3.16. The zero-order chi connectivity index (χ0) is 14.1. The molecule has 5 nitrogen and oxygen atoms in total. The van der Waals surface area contributed by atoms with Crippen LogP contribution in [-0.4, -0.2) is 30.1 Å². The molecule has 1 saturated carbocycles. The van der Waals surface area contributed by atoms with Gasteiger partial charge in [-0.1, -0.05) is 11.3 Å². The minimum Gasteiger partial charge on any atom is -0.497 e. The van der Waals surface area contributed by atoms with Crippen LogP contribution in [0.5, 0.6) is 5.75 Å². The number of benzene rings is 1. The number of rotatable bonds is 5. The number of hydrogen-bond acceptors (Lipinski definition) is 5. The molecule has 0 spiro atoms. The van der Waals surface area contributed by atoms with E-state index >= 15 is 0 Å². The number of ether oxygens (including phenoxy) is 1. The normalized spacial score (nSPS) is 15.9. The molecule has 2 aromatic rings. The topological polar surface area (TPSA) is 63.2 Å². The lowest BCUT2D eigenvalue weighted by Crippen LogP contribution is -2.38. The van der Waals surface area contributed by atoms with Crippen LogP contribution in [0, 0.1) is 0 Å². The van der Waals surface area contributed by atoms with Crippen LogP contribution >= 0.6 is 11.3 Å². The van der Waals surface area contributed by atoms with E-state index in [1.165, 1.54) is 11.3 Å². The molecule has 1 aromatic carbocycles. The van der Waals surface area contributed by atoms with Gasteiger partial charge in [0.2, 0.25) is 5.91 Å². The van der Waals surface area contributed by atoms with Crippen LogP contribution in [-0.2, 0) is 4.79 Å². The van der Waals surface area contributed by atoms with Crippen LogP contribution in [0.15, 0.2) is 18.2 Å². The predicted molar refractivity (Wildman–Crippen MR) is 80.4 cm³/mol. The fourth-order valence-electron chi connectivity index (χ4n) is 1.90. The lowest BCUT2D eigenvalue weighted by Gasteiger charge is -2.12. The molecule has 1 heterocycles. The van der Waals surface area contributed by atoms with Crippen molar-refractivity contribution in [2.24, 2.45) is 0 Å². The highest BCUT2D eigenvalue weighted by Crippen LogP contribution is 2.29. The minimum absolute atomic E-state index is 0.0318. The van der Waals surface area contributed by atoms with E-state index in [-0.39, 0.29) is 11.9 Å². The fraction of sp³-hybridized carbons (Fsp3) is 0.429. The Balaban J connectivity index is 1.71. The van der Waals surface area contributed by atoms with Crippen LogP contribution in [0.4, 0.5) is 5.13 Å². The highest BCUT2D eigenvalue weighted by Gasteiger charge is 2.25. The zero-order valence-electron chi connectivity index (χ0n) is 11.5. The molecule has 0 bridgehead atoms. The van der Waals surface area contributed by atoms with Gasteiger partial charge in [0.05, 0.1) is 17.3 Å². The van der Waals surface area contributed by atoms with E-state index < -0.39 is 0 Å². The van der Waals surface area contributed by atoms with E-state index in [1.54, 1.807) is 7.11 Å². The third-order valence-corrected chi connectivity index (χ3v) is 4.20. The maximum absolute atomic E-state index is 11.9. The summed E-state index contributed by atoms with van der Waals surface area (Å²) in [6.45, 7) is 1.85. The number of aromatic nitrogens is 1. The van der Waals surface area contributed by atoms with Crippen molar-refractivity contribution in [1.82, 2.24) is 10.3 Å². The Hall–Kier alpha value is -1.82. The van der Waals surface area contributed by atoms with Crippen molar-refractivity contribution >= 4 is 32.6 Å². The lowest BCUT2D eigenvalue weighted by atomic mass is 10.3. The number of fused-ring (bicyclic) bond motifs is 1. The van der Waals surface area contributed by atoms with Gasteiger partial charge in [-0.2, -0.15) is 0 Å². The Bertz CT molecular complexity index is 636. The largest absolute Gasteiger partial charge is 0.497 e. The maximum atomic E-state index is 11.9. The maximum Gasteiger partial charge on any atom is 0.242 e. The third-order valence-electron chi connectivity index (χ3n) is 3.25. The van der Waals surface area contributed by atoms with Crippen LogP contribution in [0.25, 0.3) is 10.2 Å². The molecular weight excluding hydrogens is 274 g/mol. The Morgan fingerprint density at radius 1 is 1.50 bits per heavy atom. The molecule has 1 unspecified atom stereocenters. The summed E-state index contributed by atoms with van der Waals surface area (Å²) >= 11 is 1.52. The molecule has 1 fully saturated rings. The SMILES string of the molecule is COc1ccc2nc(NC(C)C(=O)NC3CC3)sc2c1. The molecular formula is C14H17N3O2S. The summed E-state index contributed by atoms with van der Waals surface area (Å²) in [4.78, 5) is 16.4. The van der Waals surface area contributed by atoms with E-state index in [0.717, 1.165) is 33.9 Å². The molecule has 20 heavy (non-hydrogen) atoms. The average molecular weight is 291 g/mol. The zero-order valence-corrected chi connectivity index (χ0v) is 12.3. The van der Waals surface area contributed by atoms with Crippen molar-refractivity contribution in [3.8, 4) is 5.75 Å². The Labute approximate surface area is 121 Å². The van der Waals surface area contributed by atoms with Crippen LogP contribution < -0.4 is 15.4 Å². The quantitative estimate of drug-likeness (QED) is 0.888. The van der Waals surface area contributed by atoms with Crippen molar-refractivity contribution in [3.63, 3.8) is 0 Å². The van der Waals surface area contributed by atoms with Crippen LogP contribution in [0.1, 0.15) is 19.8 Å². The van der Waals surface area contributed by atoms with Gasteiger partial charge in [-0.25, -0.2) is 4.98 Å². The van der Waals surface area contributed by atoms with Gasteiger partial charge in [0.1, 0.15) is 11.8 Å². The van der Waals surface area contributed by atoms with Gasteiger partial charge in [0.15, 0.2) is 5.13 Å². The first-order chi connectivity index (χ1) is 9.65. The Kier molecular flexibility index (Phi) is 3.48.